The van der Waals surface area contributed by atoms with Crippen molar-refractivity contribution >= 4 is 0 Å². The second-order valence-corrected chi connectivity index (χ2v) is 6.11. The van der Waals surface area contributed by atoms with Gasteiger partial charge in [-0.05, 0) is 41.6 Å². The van der Waals surface area contributed by atoms with Crippen LogP contribution in [0.1, 0.15) is 17.5 Å². The molecule has 1 aliphatic heterocycles. The molecule has 0 spiro atoms. The van der Waals surface area contributed by atoms with Crippen molar-refractivity contribution in [1.29, 1.82) is 0 Å². The first-order chi connectivity index (χ1) is 10.7. The van der Waals surface area contributed by atoms with E-state index in [1.54, 1.807) is 0 Å². The number of nitrogens with zero attached hydrogens (tertiary/aromatic N) is 1. The summed E-state index contributed by atoms with van der Waals surface area (Å²) in [6, 6.07) is 17.3. The van der Waals surface area contributed by atoms with E-state index in [0.29, 0.717) is 6.54 Å². The van der Waals surface area contributed by atoms with Crippen LogP contribution in [0.5, 0.6) is 0 Å². The Morgan fingerprint density at radius 3 is 2.55 bits per heavy atom. The van der Waals surface area contributed by atoms with Crippen LogP contribution in [0.25, 0.3) is 11.1 Å². The number of rotatable bonds is 5. The minimum absolute atomic E-state index is 0.149. The quantitative estimate of drug-likeness (QED) is 0.891. The minimum atomic E-state index is -0.149. The molecule has 0 amide bonds. The molecule has 1 saturated heterocycles. The summed E-state index contributed by atoms with van der Waals surface area (Å²) in [6.07, 6.45) is 1.67. The molecule has 0 saturated carbocycles. The van der Waals surface area contributed by atoms with Gasteiger partial charge in [-0.25, -0.2) is 0 Å². The third-order valence-electron chi connectivity index (χ3n) is 4.30. The summed E-state index contributed by atoms with van der Waals surface area (Å²) in [5, 5.41) is 9.59. The monoisotopic (exact) mass is 296 g/mol. The molecule has 22 heavy (non-hydrogen) atoms. The third-order valence-corrected chi connectivity index (χ3v) is 4.30. The number of likely N-dealkylation sites (tertiary alicyclic amines) is 1. The van der Waals surface area contributed by atoms with Crippen LogP contribution >= 0.6 is 0 Å². The highest BCUT2D eigenvalue weighted by Gasteiger charge is 2.19. The normalized spacial score (nSPS) is 18.7. The van der Waals surface area contributed by atoms with E-state index < -0.39 is 0 Å². The Bertz CT molecular complexity index is 609. The van der Waals surface area contributed by atoms with Gasteiger partial charge in [-0.1, -0.05) is 48.5 Å². The lowest BCUT2D eigenvalue weighted by atomic mass is 10.0. The average Bonchev–Trinajstić information content (AvgIpc) is 2.94. The van der Waals surface area contributed by atoms with Crippen molar-refractivity contribution in [3.63, 3.8) is 0 Å². The van der Waals surface area contributed by atoms with E-state index in [1.165, 1.54) is 22.3 Å². The fourth-order valence-corrected chi connectivity index (χ4v) is 3.09. The predicted molar refractivity (Wildman–Crippen MR) is 90.5 cm³/mol. The molecule has 1 unspecified atom stereocenters. The maximum Gasteiger partial charge on any atom is 0.0679 e. The summed E-state index contributed by atoms with van der Waals surface area (Å²) in [5.41, 5.74) is 10.7. The maximum atomic E-state index is 9.59. The third kappa shape index (κ3) is 3.74. The van der Waals surface area contributed by atoms with Crippen LogP contribution in [0.4, 0.5) is 0 Å². The van der Waals surface area contributed by atoms with Crippen molar-refractivity contribution < 1.29 is 5.11 Å². The first kappa shape index (κ1) is 15.2. The zero-order chi connectivity index (χ0) is 15.4. The zero-order valence-corrected chi connectivity index (χ0v) is 12.9. The van der Waals surface area contributed by atoms with Gasteiger partial charge in [-0.3, -0.25) is 4.90 Å². The van der Waals surface area contributed by atoms with Gasteiger partial charge in [0.1, 0.15) is 0 Å². The minimum Gasteiger partial charge on any atom is -0.392 e. The van der Waals surface area contributed by atoms with Crippen molar-refractivity contribution in [2.45, 2.75) is 25.5 Å². The number of nitrogens with two attached hydrogens (primary N) is 1. The largest absolute Gasteiger partial charge is 0.392 e. The summed E-state index contributed by atoms with van der Waals surface area (Å²) < 4.78 is 0. The van der Waals surface area contributed by atoms with E-state index >= 15 is 0 Å². The molecule has 2 aromatic carbocycles. The van der Waals surface area contributed by atoms with Crippen LogP contribution in [0.3, 0.4) is 0 Å². The van der Waals surface area contributed by atoms with Crippen molar-refractivity contribution in [1.82, 2.24) is 4.90 Å². The fourth-order valence-electron chi connectivity index (χ4n) is 3.09. The number of aliphatic hydroxyl groups is 1. The van der Waals surface area contributed by atoms with Crippen molar-refractivity contribution in [2.24, 2.45) is 5.73 Å². The summed E-state index contributed by atoms with van der Waals surface area (Å²) in [6.45, 7) is 3.39. The molecule has 1 aliphatic rings. The van der Waals surface area contributed by atoms with Crippen LogP contribution in [0.2, 0.25) is 0 Å². The fraction of sp³-hybridized carbons (Fsp3) is 0.368. The van der Waals surface area contributed by atoms with Crippen LogP contribution in [0.15, 0.2) is 48.5 Å². The van der Waals surface area contributed by atoms with E-state index in [2.05, 4.69) is 53.4 Å². The average molecular weight is 296 g/mol. The standard InChI is InChI=1S/C19H24N2O/c20-10-8-15-2-1-3-18(12-15)17-6-4-16(5-7-17)13-21-11-9-19(22)14-21/h1-7,12,19,22H,8-11,13-14,20H2. The first-order valence-electron chi connectivity index (χ1n) is 8.03. The molecule has 3 nitrogen and oxygen atoms in total. The Kier molecular flexibility index (Phi) is 4.88. The highest BCUT2D eigenvalue weighted by molar-refractivity contribution is 5.64. The smallest absolute Gasteiger partial charge is 0.0679 e. The van der Waals surface area contributed by atoms with E-state index in [4.69, 9.17) is 5.73 Å². The van der Waals surface area contributed by atoms with E-state index in [1.807, 2.05) is 0 Å². The zero-order valence-electron chi connectivity index (χ0n) is 12.9. The van der Waals surface area contributed by atoms with Crippen molar-refractivity contribution in [3.05, 3.63) is 59.7 Å². The van der Waals surface area contributed by atoms with E-state index in [0.717, 1.165) is 32.5 Å². The Morgan fingerprint density at radius 1 is 1.05 bits per heavy atom. The second-order valence-electron chi connectivity index (χ2n) is 6.11. The summed E-state index contributed by atoms with van der Waals surface area (Å²) >= 11 is 0. The van der Waals surface area contributed by atoms with Gasteiger partial charge >= 0.3 is 0 Å². The highest BCUT2D eigenvalue weighted by Crippen LogP contribution is 2.22. The number of benzene rings is 2. The molecule has 1 atom stereocenters. The van der Waals surface area contributed by atoms with Crippen LogP contribution in [0, 0.1) is 0 Å². The van der Waals surface area contributed by atoms with Gasteiger partial charge < -0.3 is 10.8 Å². The van der Waals surface area contributed by atoms with Gasteiger partial charge in [0.25, 0.3) is 0 Å². The molecule has 2 aromatic rings. The molecular formula is C19H24N2O. The lowest BCUT2D eigenvalue weighted by Gasteiger charge is -2.15. The Morgan fingerprint density at radius 2 is 1.86 bits per heavy atom. The van der Waals surface area contributed by atoms with Crippen LogP contribution in [-0.4, -0.2) is 35.7 Å². The summed E-state index contributed by atoms with van der Waals surface area (Å²) in [7, 11) is 0. The van der Waals surface area contributed by atoms with E-state index in [-0.39, 0.29) is 6.10 Å². The molecule has 3 N–H and O–H groups in total. The molecule has 1 fully saturated rings. The number of hydrogen-bond acceptors (Lipinski definition) is 3. The van der Waals surface area contributed by atoms with Gasteiger partial charge in [0.15, 0.2) is 0 Å². The lowest BCUT2D eigenvalue weighted by molar-refractivity contribution is 0.175. The molecule has 116 valence electrons. The summed E-state index contributed by atoms with van der Waals surface area (Å²) in [4.78, 5) is 2.31. The molecule has 3 heteroatoms. The van der Waals surface area contributed by atoms with Crippen molar-refractivity contribution in [3.8, 4) is 11.1 Å². The number of aliphatic hydroxyl groups excluding tert-OH is 1. The highest BCUT2D eigenvalue weighted by atomic mass is 16.3. The molecule has 0 aliphatic carbocycles. The molecular weight excluding hydrogens is 272 g/mol. The first-order valence-corrected chi connectivity index (χ1v) is 8.03. The number of β-amino-alcohol motifs (C(OH)–C–C–N with tert-alkyl or cyclic N) is 1. The Balaban J connectivity index is 1.69. The van der Waals surface area contributed by atoms with Crippen LogP contribution < -0.4 is 5.73 Å². The Hall–Kier alpha value is -1.68. The number of hydrogen-bond donors (Lipinski definition) is 2. The van der Waals surface area contributed by atoms with Gasteiger partial charge in [0, 0.05) is 19.6 Å². The maximum absolute atomic E-state index is 9.59. The van der Waals surface area contributed by atoms with Gasteiger partial charge in [-0.2, -0.15) is 0 Å². The predicted octanol–water partition coefficient (Wildman–Crippen LogP) is 2.42. The molecule has 1 heterocycles. The second kappa shape index (κ2) is 7.05. The van der Waals surface area contributed by atoms with Gasteiger partial charge in [-0.15, -0.1) is 0 Å². The Labute approximate surface area is 132 Å². The molecule has 0 aromatic heterocycles. The molecule has 3 rings (SSSR count). The molecule has 0 bridgehead atoms. The molecule has 0 radical (unpaired) electrons. The topological polar surface area (TPSA) is 49.5 Å². The van der Waals surface area contributed by atoms with Gasteiger partial charge in [0.05, 0.1) is 6.10 Å². The van der Waals surface area contributed by atoms with E-state index in [9.17, 15) is 5.11 Å². The van der Waals surface area contributed by atoms with Crippen LogP contribution in [-0.2, 0) is 13.0 Å². The SMILES string of the molecule is NCCc1cccc(-c2ccc(CN3CCC(O)C3)cc2)c1. The lowest BCUT2D eigenvalue weighted by Crippen LogP contribution is -2.21. The van der Waals surface area contributed by atoms with Crippen molar-refractivity contribution in [2.75, 3.05) is 19.6 Å². The van der Waals surface area contributed by atoms with Gasteiger partial charge in [0.2, 0.25) is 0 Å². The summed E-state index contributed by atoms with van der Waals surface area (Å²) in [5.74, 6) is 0.